The van der Waals surface area contributed by atoms with Crippen LogP contribution in [0, 0.1) is 0 Å². The second-order valence-electron chi connectivity index (χ2n) is 16.4. The molecule has 2 aromatic heterocycles. The van der Waals surface area contributed by atoms with Gasteiger partial charge in [0.2, 0.25) is 0 Å². The van der Waals surface area contributed by atoms with Crippen LogP contribution in [0.4, 0.5) is 10.6 Å². The molecule has 1 aromatic carbocycles. The predicted molar refractivity (Wildman–Crippen MR) is 190 cm³/mol. The minimum Gasteiger partial charge on any atom is -0.444 e. The van der Waals surface area contributed by atoms with Crippen molar-refractivity contribution in [2.75, 3.05) is 18.5 Å². The average Bonchev–Trinajstić information content (AvgIpc) is 3.66. The van der Waals surface area contributed by atoms with Crippen LogP contribution in [-0.2, 0) is 23.4 Å². The maximum Gasteiger partial charge on any atom is 0.411 e. The molecule has 1 N–H and O–H groups in total. The third kappa shape index (κ3) is 7.18. The van der Waals surface area contributed by atoms with Gasteiger partial charge in [0.05, 0.1) is 18.3 Å². The summed E-state index contributed by atoms with van der Waals surface area (Å²) in [7, 11) is -2.26. The second-order valence-corrected chi connectivity index (χ2v) is 21.2. The molecule has 3 fully saturated rings. The van der Waals surface area contributed by atoms with Crippen molar-refractivity contribution >= 4 is 37.2 Å². The highest BCUT2D eigenvalue weighted by atomic mass is 28.4. The summed E-state index contributed by atoms with van der Waals surface area (Å²) in [6.07, 6.45) is 1.84. The van der Waals surface area contributed by atoms with Crippen molar-refractivity contribution in [2.24, 2.45) is 0 Å². The molecule has 3 saturated heterocycles. The lowest BCUT2D eigenvalue weighted by molar-refractivity contribution is -0.169. The fourth-order valence-electron chi connectivity index (χ4n) is 6.62. The number of amides is 2. The molecule has 13 nitrogen and oxygen atoms in total. The molecule has 14 heteroatoms. The Morgan fingerprint density at radius 1 is 1.00 bits per heavy atom. The van der Waals surface area contributed by atoms with Gasteiger partial charge in [0.15, 0.2) is 31.7 Å². The van der Waals surface area contributed by atoms with E-state index in [1.165, 1.54) is 6.33 Å². The van der Waals surface area contributed by atoms with Gasteiger partial charge in [-0.05, 0) is 84.1 Å². The van der Waals surface area contributed by atoms with E-state index < -0.39 is 56.3 Å². The van der Waals surface area contributed by atoms with Gasteiger partial charge in [0, 0.05) is 12.2 Å². The third-order valence-corrected chi connectivity index (χ3v) is 14.5. The SMILES string of the molecule is CC(C)(C)OC(=O)N1[C@H](CO[Si](C)(C)C(C)(C)C)[C@@H]2OC(C)(C)OC2[C@@H]1c1c2ncnc(NC(=O)c3ccccc3)c2nn1C1CCCCO1. The quantitative estimate of drug-likeness (QED) is 0.256. The first-order valence-corrected chi connectivity index (χ1v) is 20.5. The molecule has 272 valence electrons. The fraction of sp³-hybridized carbons (Fsp3) is 0.639. The number of ether oxygens (including phenoxy) is 4. The van der Waals surface area contributed by atoms with Crippen molar-refractivity contribution in [3.05, 3.63) is 47.9 Å². The summed E-state index contributed by atoms with van der Waals surface area (Å²) in [5.74, 6) is -1.02. The topological polar surface area (TPSA) is 139 Å². The average molecular weight is 709 g/mol. The van der Waals surface area contributed by atoms with Crippen LogP contribution in [0.25, 0.3) is 11.0 Å². The number of likely N-dealkylation sites (tertiary alicyclic amines) is 1. The predicted octanol–water partition coefficient (Wildman–Crippen LogP) is 6.98. The molecule has 5 atom stereocenters. The first-order chi connectivity index (χ1) is 23.4. The van der Waals surface area contributed by atoms with Crippen LogP contribution in [-0.4, -0.2) is 87.8 Å². The largest absolute Gasteiger partial charge is 0.444 e. The number of hydrogen-bond donors (Lipinski definition) is 1. The van der Waals surface area contributed by atoms with Gasteiger partial charge >= 0.3 is 6.09 Å². The lowest BCUT2D eigenvalue weighted by Gasteiger charge is -2.40. The van der Waals surface area contributed by atoms with E-state index in [2.05, 4.69) is 44.2 Å². The number of aromatic nitrogens is 4. The molecular formula is C36H52N6O7Si. The zero-order chi connectivity index (χ0) is 36.2. The number of rotatable bonds is 7. The maximum atomic E-state index is 14.5. The van der Waals surface area contributed by atoms with Crippen LogP contribution in [0.3, 0.4) is 0 Å². The van der Waals surface area contributed by atoms with Crippen LogP contribution in [0.15, 0.2) is 36.7 Å². The van der Waals surface area contributed by atoms with E-state index in [-0.39, 0.29) is 23.4 Å². The van der Waals surface area contributed by atoms with Gasteiger partial charge in [-0.15, -0.1) is 0 Å². The summed E-state index contributed by atoms with van der Waals surface area (Å²) in [6.45, 7) is 21.0. The zero-order valence-electron chi connectivity index (χ0n) is 31.0. The maximum absolute atomic E-state index is 14.5. The Morgan fingerprint density at radius 2 is 1.70 bits per heavy atom. The van der Waals surface area contributed by atoms with Gasteiger partial charge in [-0.25, -0.2) is 19.4 Å². The summed E-state index contributed by atoms with van der Waals surface area (Å²) in [6, 6.07) is 7.61. The van der Waals surface area contributed by atoms with Crippen molar-refractivity contribution < 1.29 is 33.0 Å². The summed E-state index contributed by atoms with van der Waals surface area (Å²) in [5.41, 5.74) is 1.14. The molecule has 0 radical (unpaired) electrons. The highest BCUT2D eigenvalue weighted by Gasteiger charge is 2.62. The van der Waals surface area contributed by atoms with Crippen LogP contribution in [0.1, 0.15) is 103 Å². The Kier molecular flexibility index (Phi) is 9.65. The number of nitrogens with zero attached hydrogens (tertiary/aromatic N) is 5. The molecule has 0 aliphatic carbocycles. The van der Waals surface area contributed by atoms with E-state index in [4.69, 9.17) is 33.5 Å². The Balaban J connectivity index is 1.52. The van der Waals surface area contributed by atoms with Crippen molar-refractivity contribution in [3.8, 4) is 0 Å². The molecule has 50 heavy (non-hydrogen) atoms. The highest BCUT2D eigenvalue weighted by Crippen LogP contribution is 2.50. The first kappa shape index (κ1) is 36.4. The number of nitrogens with one attached hydrogen (secondary N) is 1. The molecule has 0 bridgehead atoms. The van der Waals surface area contributed by atoms with Crippen LogP contribution in [0.5, 0.6) is 0 Å². The number of anilines is 1. The number of carbonyl (C=O) groups excluding carboxylic acids is 2. The van der Waals surface area contributed by atoms with Gasteiger partial charge in [-0.1, -0.05) is 39.0 Å². The Bertz CT molecular complexity index is 1710. The van der Waals surface area contributed by atoms with Gasteiger partial charge < -0.3 is 28.7 Å². The fourth-order valence-corrected chi connectivity index (χ4v) is 7.64. The lowest BCUT2D eigenvalue weighted by atomic mass is 10.0. The molecule has 5 heterocycles. The molecule has 0 saturated carbocycles. The highest BCUT2D eigenvalue weighted by molar-refractivity contribution is 6.74. The minimum absolute atomic E-state index is 0.0574. The Labute approximate surface area is 295 Å². The van der Waals surface area contributed by atoms with Crippen LogP contribution in [0.2, 0.25) is 18.1 Å². The van der Waals surface area contributed by atoms with E-state index in [1.807, 2.05) is 45.4 Å². The first-order valence-electron chi connectivity index (χ1n) is 17.6. The standard InChI is InChI=1S/C36H52N6O7Si/c1-34(2,3)49-33(44)41-23(20-46-50(9,10)35(4,5)6)29-30(48-36(7,8)47-29)28(41)27-25-26(40-42(27)24-18-14-15-19-45-24)31(38-21-37-25)39-32(43)22-16-12-11-13-17-22/h11-13,16-17,21,23-24,28-30H,14-15,18-20H2,1-10H3,(H,37,38,39,43)/t23-,24?,28+,29+,30?/m1/s1. The summed E-state index contributed by atoms with van der Waals surface area (Å²) in [4.78, 5) is 38.7. The lowest BCUT2D eigenvalue weighted by Crippen LogP contribution is -2.51. The number of hydrogen-bond acceptors (Lipinski definition) is 10. The van der Waals surface area contributed by atoms with Crippen molar-refractivity contribution in [3.63, 3.8) is 0 Å². The molecule has 3 aliphatic heterocycles. The van der Waals surface area contributed by atoms with E-state index >= 15 is 0 Å². The van der Waals surface area contributed by atoms with E-state index in [0.29, 0.717) is 35.3 Å². The van der Waals surface area contributed by atoms with Crippen LogP contribution >= 0.6 is 0 Å². The number of benzene rings is 1. The van der Waals surface area contributed by atoms with Gasteiger partial charge in [-0.3, -0.25) is 9.69 Å². The smallest absolute Gasteiger partial charge is 0.411 e. The number of carbonyl (C=O) groups is 2. The summed E-state index contributed by atoms with van der Waals surface area (Å²) >= 11 is 0. The molecule has 2 amide bonds. The molecule has 3 aromatic rings. The van der Waals surface area contributed by atoms with E-state index in [0.717, 1.165) is 12.8 Å². The Morgan fingerprint density at radius 3 is 2.34 bits per heavy atom. The van der Waals surface area contributed by atoms with Crippen molar-refractivity contribution in [1.29, 1.82) is 0 Å². The van der Waals surface area contributed by atoms with Gasteiger partial charge in [0.1, 0.15) is 35.7 Å². The molecule has 0 spiro atoms. The van der Waals surface area contributed by atoms with E-state index in [9.17, 15) is 9.59 Å². The zero-order valence-corrected chi connectivity index (χ0v) is 32.0. The van der Waals surface area contributed by atoms with E-state index in [1.54, 1.807) is 29.2 Å². The molecule has 2 unspecified atom stereocenters. The number of fused-ring (bicyclic) bond motifs is 2. The second kappa shape index (κ2) is 13.3. The van der Waals surface area contributed by atoms with Crippen molar-refractivity contribution in [2.45, 2.75) is 135 Å². The monoisotopic (exact) mass is 708 g/mol. The van der Waals surface area contributed by atoms with Crippen molar-refractivity contribution in [1.82, 2.24) is 24.6 Å². The Hall–Kier alpha value is -3.43. The summed E-state index contributed by atoms with van der Waals surface area (Å²) in [5, 5.41) is 7.92. The van der Waals surface area contributed by atoms with Gasteiger partial charge in [0.25, 0.3) is 5.91 Å². The molecular weight excluding hydrogens is 657 g/mol. The molecule has 6 rings (SSSR count). The molecule has 3 aliphatic rings. The van der Waals surface area contributed by atoms with Gasteiger partial charge in [-0.2, -0.15) is 5.10 Å². The summed E-state index contributed by atoms with van der Waals surface area (Å²) < 4.78 is 34.3. The minimum atomic E-state index is -2.26. The third-order valence-electron chi connectivity index (χ3n) is 10.0. The normalized spacial score (nSPS) is 25.5. The van der Waals surface area contributed by atoms with Crippen LogP contribution < -0.4 is 5.32 Å².